The molecule has 0 aliphatic carbocycles. The zero-order valence-electron chi connectivity index (χ0n) is 9.97. The minimum absolute atomic E-state index is 0.0892. The van der Waals surface area contributed by atoms with Crippen molar-refractivity contribution in [2.24, 2.45) is 5.41 Å². The van der Waals surface area contributed by atoms with Gasteiger partial charge in [-0.25, -0.2) is 8.78 Å². The van der Waals surface area contributed by atoms with E-state index in [0.717, 1.165) is 12.1 Å². The first kappa shape index (κ1) is 13.6. The van der Waals surface area contributed by atoms with Crippen LogP contribution in [0.5, 0.6) is 0 Å². The van der Waals surface area contributed by atoms with Crippen LogP contribution in [0.15, 0.2) is 12.1 Å². The molecule has 5 heteroatoms. The van der Waals surface area contributed by atoms with Gasteiger partial charge in [-0.1, -0.05) is 20.8 Å². The van der Waals surface area contributed by atoms with Crippen LogP contribution in [0.2, 0.25) is 0 Å². The zero-order chi connectivity index (χ0) is 13.2. The lowest BCUT2D eigenvalue weighted by atomic mass is 9.95. The van der Waals surface area contributed by atoms with Gasteiger partial charge in [-0.05, 0) is 6.07 Å². The van der Waals surface area contributed by atoms with Crippen LogP contribution in [0.4, 0.5) is 14.5 Å². The van der Waals surface area contributed by atoms with E-state index in [2.05, 4.69) is 5.32 Å². The maximum absolute atomic E-state index is 13.0. The molecule has 0 saturated carbocycles. The van der Waals surface area contributed by atoms with Crippen molar-refractivity contribution >= 4 is 11.6 Å². The van der Waals surface area contributed by atoms with Gasteiger partial charge in [0.15, 0.2) is 11.6 Å². The molecule has 0 aliphatic rings. The highest BCUT2D eigenvalue weighted by Crippen LogP contribution is 2.23. The van der Waals surface area contributed by atoms with Crippen molar-refractivity contribution in [3.05, 3.63) is 29.3 Å². The molecule has 1 rings (SSSR count). The first-order valence-electron chi connectivity index (χ1n) is 5.16. The molecule has 3 nitrogen and oxygen atoms in total. The molecule has 0 bridgehead atoms. The fraction of sp³-hybridized carbons (Fsp3) is 0.417. The molecule has 1 aromatic carbocycles. The SMILES string of the molecule is CC(C)(C)C(=O)Nc1cc(F)c(F)cc1CO. The molecule has 0 fully saturated rings. The van der Waals surface area contributed by atoms with Crippen LogP contribution in [-0.4, -0.2) is 11.0 Å². The van der Waals surface area contributed by atoms with Gasteiger partial charge in [0, 0.05) is 22.7 Å². The summed E-state index contributed by atoms with van der Waals surface area (Å²) in [5, 5.41) is 11.5. The third-order valence-corrected chi connectivity index (χ3v) is 2.25. The van der Waals surface area contributed by atoms with E-state index in [1.165, 1.54) is 0 Å². The number of carbonyl (C=O) groups is 1. The van der Waals surface area contributed by atoms with Gasteiger partial charge >= 0.3 is 0 Å². The van der Waals surface area contributed by atoms with E-state index in [4.69, 9.17) is 5.11 Å². The minimum Gasteiger partial charge on any atom is -0.392 e. The van der Waals surface area contributed by atoms with Crippen molar-refractivity contribution in [1.82, 2.24) is 0 Å². The van der Waals surface area contributed by atoms with Gasteiger partial charge in [-0.2, -0.15) is 0 Å². The summed E-state index contributed by atoms with van der Waals surface area (Å²) in [5.41, 5.74) is -0.426. The number of carbonyl (C=O) groups excluding carboxylic acids is 1. The summed E-state index contributed by atoms with van der Waals surface area (Å²) >= 11 is 0. The van der Waals surface area contributed by atoms with Gasteiger partial charge in [0.2, 0.25) is 5.91 Å². The largest absolute Gasteiger partial charge is 0.392 e. The van der Waals surface area contributed by atoms with Gasteiger partial charge < -0.3 is 10.4 Å². The molecule has 1 amide bonds. The summed E-state index contributed by atoms with van der Waals surface area (Å²) in [7, 11) is 0. The number of rotatable bonds is 2. The number of hydrogen-bond donors (Lipinski definition) is 2. The molecule has 0 aromatic heterocycles. The minimum atomic E-state index is -1.06. The Morgan fingerprint density at radius 2 is 1.82 bits per heavy atom. The highest BCUT2D eigenvalue weighted by atomic mass is 19.2. The lowest BCUT2D eigenvalue weighted by molar-refractivity contribution is -0.123. The molecule has 0 unspecified atom stereocenters. The van der Waals surface area contributed by atoms with E-state index in [1.807, 2.05) is 0 Å². The second-order valence-electron chi connectivity index (χ2n) is 4.79. The Morgan fingerprint density at radius 3 is 2.29 bits per heavy atom. The number of amides is 1. The molecule has 0 aliphatic heterocycles. The van der Waals surface area contributed by atoms with Crippen molar-refractivity contribution in [3.63, 3.8) is 0 Å². The lowest BCUT2D eigenvalue weighted by Gasteiger charge is -2.19. The van der Waals surface area contributed by atoms with Crippen LogP contribution in [0.1, 0.15) is 26.3 Å². The first-order valence-corrected chi connectivity index (χ1v) is 5.16. The highest BCUT2D eigenvalue weighted by molar-refractivity contribution is 5.95. The number of hydrogen-bond acceptors (Lipinski definition) is 2. The van der Waals surface area contributed by atoms with E-state index >= 15 is 0 Å². The third-order valence-electron chi connectivity index (χ3n) is 2.25. The molecule has 2 N–H and O–H groups in total. The Morgan fingerprint density at radius 1 is 1.29 bits per heavy atom. The standard InChI is InChI=1S/C12H15F2NO2/c1-12(2,3)11(17)15-10-5-9(14)8(13)4-7(10)6-16/h4-5,16H,6H2,1-3H3,(H,15,17). The topological polar surface area (TPSA) is 49.3 Å². The second-order valence-corrected chi connectivity index (χ2v) is 4.79. The van der Waals surface area contributed by atoms with Gasteiger partial charge in [0.1, 0.15) is 0 Å². The van der Waals surface area contributed by atoms with Crippen LogP contribution in [0.25, 0.3) is 0 Å². The average molecular weight is 243 g/mol. The van der Waals surface area contributed by atoms with Crippen LogP contribution in [0, 0.1) is 17.0 Å². The van der Waals surface area contributed by atoms with Gasteiger partial charge in [0.25, 0.3) is 0 Å². The summed E-state index contributed by atoms with van der Waals surface area (Å²) in [6.45, 7) is 4.61. The molecule has 0 spiro atoms. The van der Waals surface area contributed by atoms with Crippen molar-refractivity contribution in [3.8, 4) is 0 Å². The summed E-state index contributed by atoms with van der Waals surface area (Å²) < 4.78 is 26.0. The van der Waals surface area contributed by atoms with Crippen LogP contribution >= 0.6 is 0 Å². The Hall–Kier alpha value is -1.49. The van der Waals surface area contributed by atoms with Crippen molar-refractivity contribution in [2.75, 3.05) is 5.32 Å². The maximum Gasteiger partial charge on any atom is 0.229 e. The summed E-state index contributed by atoms with van der Waals surface area (Å²) in [6, 6.07) is 1.73. The average Bonchev–Trinajstić information content (AvgIpc) is 2.21. The highest BCUT2D eigenvalue weighted by Gasteiger charge is 2.22. The first-order chi connectivity index (χ1) is 7.75. The number of aliphatic hydroxyl groups is 1. The monoisotopic (exact) mass is 243 g/mol. The normalized spacial score (nSPS) is 11.4. The molecule has 1 aromatic rings. The Kier molecular flexibility index (Phi) is 3.83. The summed E-state index contributed by atoms with van der Waals surface area (Å²) in [6.07, 6.45) is 0. The number of anilines is 1. The van der Waals surface area contributed by atoms with E-state index in [0.29, 0.717) is 0 Å². The van der Waals surface area contributed by atoms with E-state index in [1.54, 1.807) is 20.8 Å². The molecule has 0 atom stereocenters. The van der Waals surface area contributed by atoms with Crippen LogP contribution in [-0.2, 0) is 11.4 Å². The van der Waals surface area contributed by atoms with E-state index < -0.39 is 23.7 Å². The Bertz CT molecular complexity index is 439. The van der Waals surface area contributed by atoms with Crippen molar-refractivity contribution < 1.29 is 18.7 Å². The lowest BCUT2D eigenvalue weighted by Crippen LogP contribution is -2.28. The fourth-order valence-corrected chi connectivity index (χ4v) is 1.15. The van der Waals surface area contributed by atoms with E-state index in [9.17, 15) is 13.6 Å². The van der Waals surface area contributed by atoms with Crippen molar-refractivity contribution in [1.29, 1.82) is 0 Å². The molecule has 0 radical (unpaired) electrons. The molecular formula is C12H15F2NO2. The number of benzene rings is 1. The van der Waals surface area contributed by atoms with Crippen LogP contribution in [0.3, 0.4) is 0 Å². The van der Waals surface area contributed by atoms with Crippen LogP contribution < -0.4 is 5.32 Å². The summed E-state index contributed by atoms with van der Waals surface area (Å²) in [4.78, 5) is 11.7. The Labute approximate surface area is 98.5 Å². The van der Waals surface area contributed by atoms with Crippen molar-refractivity contribution in [2.45, 2.75) is 27.4 Å². The predicted molar refractivity (Wildman–Crippen MR) is 60.4 cm³/mol. The Balaban J connectivity index is 3.06. The molecule has 94 valence electrons. The number of nitrogens with one attached hydrogen (secondary N) is 1. The second kappa shape index (κ2) is 4.79. The van der Waals surface area contributed by atoms with Gasteiger partial charge in [-0.15, -0.1) is 0 Å². The smallest absolute Gasteiger partial charge is 0.229 e. The molecule has 0 saturated heterocycles. The molecule has 0 heterocycles. The predicted octanol–water partition coefficient (Wildman–Crippen LogP) is 2.44. The fourth-order valence-electron chi connectivity index (χ4n) is 1.15. The van der Waals surface area contributed by atoms with Gasteiger partial charge in [-0.3, -0.25) is 4.79 Å². The molecular weight excluding hydrogens is 228 g/mol. The van der Waals surface area contributed by atoms with Gasteiger partial charge in [0.05, 0.1) is 6.61 Å². The number of halogens is 2. The van der Waals surface area contributed by atoms with E-state index in [-0.39, 0.29) is 17.2 Å². The number of aliphatic hydroxyl groups excluding tert-OH is 1. The third kappa shape index (κ3) is 3.23. The quantitative estimate of drug-likeness (QED) is 0.838. The maximum atomic E-state index is 13.0. The summed E-state index contributed by atoms with van der Waals surface area (Å²) in [5.74, 6) is -2.45. The zero-order valence-corrected chi connectivity index (χ0v) is 9.97. The molecule has 17 heavy (non-hydrogen) atoms.